The summed E-state index contributed by atoms with van der Waals surface area (Å²) < 4.78 is 28.4. The summed E-state index contributed by atoms with van der Waals surface area (Å²) in [6, 6.07) is 11.4. The van der Waals surface area contributed by atoms with Crippen molar-refractivity contribution in [2.45, 2.75) is 43.4 Å². The maximum atomic E-state index is 14.6. The smallest absolute Gasteiger partial charge is 0.244 e. The number of thioether (sulfide) groups is 1. The lowest BCUT2D eigenvalue weighted by molar-refractivity contribution is -0.134. The van der Waals surface area contributed by atoms with Crippen molar-refractivity contribution in [3.8, 4) is 0 Å². The largest absolute Gasteiger partial charge is 0.375 e. The molecule has 2 aliphatic heterocycles. The van der Waals surface area contributed by atoms with Gasteiger partial charge >= 0.3 is 0 Å². The molecule has 0 bridgehead atoms. The van der Waals surface area contributed by atoms with E-state index < -0.39 is 16.5 Å². The molecule has 7 heteroatoms. The van der Waals surface area contributed by atoms with E-state index in [1.54, 1.807) is 5.01 Å². The van der Waals surface area contributed by atoms with Crippen molar-refractivity contribution in [3.63, 3.8) is 0 Å². The van der Waals surface area contributed by atoms with Crippen molar-refractivity contribution in [3.05, 3.63) is 83.1 Å². The van der Waals surface area contributed by atoms with E-state index in [0.29, 0.717) is 24.3 Å². The van der Waals surface area contributed by atoms with E-state index in [0.717, 1.165) is 61.8 Å². The molecule has 2 aromatic carbocycles. The van der Waals surface area contributed by atoms with Crippen molar-refractivity contribution in [2.24, 2.45) is 5.10 Å². The fraction of sp³-hybridized carbons (Fsp3) is 0.360. The topological polar surface area (TPSA) is 35.9 Å². The molecule has 0 saturated carbocycles. The predicted octanol–water partition coefficient (Wildman–Crippen LogP) is 5.39. The van der Waals surface area contributed by atoms with Gasteiger partial charge in [-0.1, -0.05) is 42.6 Å². The van der Waals surface area contributed by atoms with Gasteiger partial charge in [-0.25, -0.2) is 13.8 Å². The minimum Gasteiger partial charge on any atom is -0.375 e. The number of carbonyl (C=O) groups excluding carboxylic acids is 1. The first-order valence-electron chi connectivity index (χ1n) is 11.1. The summed E-state index contributed by atoms with van der Waals surface area (Å²) >= 11 is 1.36. The molecule has 0 N–H and O–H groups in total. The van der Waals surface area contributed by atoms with Crippen LogP contribution in [0.2, 0.25) is 0 Å². The van der Waals surface area contributed by atoms with Gasteiger partial charge in [-0.3, -0.25) is 4.79 Å². The number of hydrogen-bond acceptors (Lipinski definition) is 4. The van der Waals surface area contributed by atoms with Crippen LogP contribution in [0.4, 0.5) is 8.78 Å². The first-order valence-corrected chi connectivity index (χ1v) is 11.9. The predicted molar refractivity (Wildman–Crippen MR) is 123 cm³/mol. The zero-order valence-corrected chi connectivity index (χ0v) is 18.6. The molecule has 5 rings (SSSR count). The van der Waals surface area contributed by atoms with Gasteiger partial charge in [0.05, 0.1) is 0 Å². The van der Waals surface area contributed by atoms with Gasteiger partial charge < -0.3 is 4.90 Å². The normalized spacial score (nSPS) is 22.1. The first kappa shape index (κ1) is 21.2. The number of amides is 1. The molecular weight excluding hydrogens is 428 g/mol. The van der Waals surface area contributed by atoms with Crippen molar-refractivity contribution in [1.82, 2.24) is 9.91 Å². The molecule has 1 aliphatic carbocycles. The second-order valence-electron chi connectivity index (χ2n) is 8.54. The highest BCUT2D eigenvalue weighted by Crippen LogP contribution is 2.55. The molecule has 0 radical (unpaired) electrons. The molecule has 166 valence electrons. The zero-order valence-electron chi connectivity index (χ0n) is 17.8. The number of hydrogen-bond donors (Lipinski definition) is 0. The molecular formula is C25H25F2N3OS. The molecule has 1 fully saturated rings. The summed E-state index contributed by atoms with van der Waals surface area (Å²) in [6.45, 7) is 5.88. The molecule has 4 nitrogen and oxygen atoms in total. The van der Waals surface area contributed by atoms with Crippen LogP contribution >= 0.6 is 11.8 Å². The summed E-state index contributed by atoms with van der Waals surface area (Å²) in [7, 11) is 0. The van der Waals surface area contributed by atoms with Crippen LogP contribution in [0.3, 0.4) is 0 Å². The number of aryl methyl sites for hydroxylation is 1. The fourth-order valence-corrected chi connectivity index (χ4v) is 6.34. The minimum atomic E-state index is -0.709. The Morgan fingerprint density at radius 2 is 2.03 bits per heavy atom. The quantitative estimate of drug-likeness (QED) is 0.609. The SMILES string of the molecule is C=C1CCCN1CCCC(=O)N1N=C(c2cc(F)ccc2F)SC12CCc1ccccc12. The van der Waals surface area contributed by atoms with Crippen LogP contribution in [0.1, 0.15) is 48.8 Å². The third kappa shape index (κ3) is 3.62. The monoisotopic (exact) mass is 453 g/mol. The van der Waals surface area contributed by atoms with Crippen LogP contribution in [-0.2, 0) is 16.1 Å². The second kappa shape index (κ2) is 8.35. The number of rotatable bonds is 5. The van der Waals surface area contributed by atoms with E-state index in [1.165, 1.54) is 17.3 Å². The van der Waals surface area contributed by atoms with Gasteiger partial charge in [0.1, 0.15) is 21.5 Å². The van der Waals surface area contributed by atoms with E-state index >= 15 is 0 Å². The third-order valence-electron chi connectivity index (χ3n) is 6.52. The summed E-state index contributed by atoms with van der Waals surface area (Å²) in [6.07, 6.45) is 4.68. The maximum Gasteiger partial charge on any atom is 0.244 e. The summed E-state index contributed by atoms with van der Waals surface area (Å²) in [5, 5.41) is 6.48. The Morgan fingerprint density at radius 1 is 1.19 bits per heavy atom. The molecule has 2 aromatic rings. The van der Waals surface area contributed by atoms with Gasteiger partial charge in [-0.15, -0.1) is 0 Å². The molecule has 3 aliphatic rings. The van der Waals surface area contributed by atoms with Gasteiger partial charge in [-0.05, 0) is 61.4 Å². The fourth-order valence-electron chi connectivity index (χ4n) is 4.89. The molecule has 1 amide bonds. The highest BCUT2D eigenvalue weighted by atomic mass is 32.2. The average Bonchev–Trinajstić information content (AvgIpc) is 3.49. The van der Waals surface area contributed by atoms with Crippen molar-refractivity contribution in [2.75, 3.05) is 13.1 Å². The van der Waals surface area contributed by atoms with E-state index in [4.69, 9.17) is 0 Å². The summed E-state index contributed by atoms with van der Waals surface area (Å²) in [5.41, 5.74) is 3.43. The van der Waals surface area contributed by atoms with E-state index in [1.807, 2.05) is 18.2 Å². The number of hydrazone groups is 1. The Balaban J connectivity index is 1.44. The summed E-state index contributed by atoms with van der Waals surface area (Å²) in [4.78, 5) is 14.9. The second-order valence-corrected chi connectivity index (χ2v) is 9.81. The maximum absolute atomic E-state index is 14.6. The highest BCUT2D eigenvalue weighted by molar-refractivity contribution is 8.15. The van der Waals surface area contributed by atoms with Gasteiger partial charge in [0.15, 0.2) is 0 Å². The highest BCUT2D eigenvalue weighted by Gasteiger charge is 2.52. The molecule has 1 saturated heterocycles. The number of carbonyl (C=O) groups is 1. The minimum absolute atomic E-state index is 0.0918. The lowest BCUT2D eigenvalue weighted by atomic mass is 10.1. The zero-order chi connectivity index (χ0) is 22.3. The molecule has 1 atom stereocenters. The lowest BCUT2D eigenvalue weighted by Gasteiger charge is -2.32. The van der Waals surface area contributed by atoms with Crippen molar-refractivity contribution >= 4 is 22.7 Å². The number of nitrogens with zero attached hydrogens (tertiary/aromatic N) is 3. The number of fused-ring (bicyclic) bond motifs is 2. The number of halogens is 2. The van der Waals surface area contributed by atoms with Crippen LogP contribution in [-0.4, -0.2) is 33.9 Å². The van der Waals surface area contributed by atoms with Gasteiger partial charge in [0.25, 0.3) is 0 Å². The Morgan fingerprint density at radius 3 is 2.84 bits per heavy atom. The number of allylic oxidation sites excluding steroid dienone is 1. The number of likely N-dealkylation sites (tertiary alicyclic amines) is 1. The van der Waals surface area contributed by atoms with Crippen LogP contribution in [0.15, 0.2) is 59.8 Å². The van der Waals surface area contributed by atoms with E-state index in [9.17, 15) is 13.6 Å². The Hall–Kier alpha value is -2.67. The van der Waals surface area contributed by atoms with Crippen LogP contribution in [0, 0.1) is 11.6 Å². The third-order valence-corrected chi connectivity index (χ3v) is 7.95. The van der Waals surface area contributed by atoms with Crippen LogP contribution in [0.25, 0.3) is 0 Å². The molecule has 2 heterocycles. The Kier molecular flexibility index (Phi) is 5.53. The van der Waals surface area contributed by atoms with E-state index in [-0.39, 0.29) is 11.5 Å². The van der Waals surface area contributed by atoms with Crippen molar-refractivity contribution < 1.29 is 13.6 Å². The average molecular weight is 454 g/mol. The van der Waals surface area contributed by atoms with Crippen LogP contribution < -0.4 is 0 Å². The van der Waals surface area contributed by atoms with Crippen molar-refractivity contribution in [1.29, 1.82) is 0 Å². The van der Waals surface area contributed by atoms with E-state index in [2.05, 4.69) is 22.6 Å². The molecule has 1 unspecified atom stereocenters. The lowest BCUT2D eigenvalue weighted by Crippen LogP contribution is -2.40. The van der Waals surface area contributed by atoms with Gasteiger partial charge in [-0.2, -0.15) is 5.10 Å². The van der Waals surface area contributed by atoms with Crippen LogP contribution in [0.5, 0.6) is 0 Å². The number of benzene rings is 2. The molecule has 0 aromatic heterocycles. The molecule has 1 spiro atoms. The first-order chi connectivity index (χ1) is 15.5. The Labute approximate surface area is 191 Å². The van der Waals surface area contributed by atoms with Gasteiger partial charge in [0.2, 0.25) is 5.91 Å². The summed E-state index contributed by atoms with van der Waals surface area (Å²) in [5.74, 6) is -1.16. The molecule has 32 heavy (non-hydrogen) atoms. The van der Waals surface area contributed by atoms with Gasteiger partial charge in [0, 0.05) is 30.8 Å². The standard InChI is InChI=1S/C25H25F2N3OS/c1-17-6-4-14-29(17)15-5-9-23(31)30-25(13-12-18-7-2-3-8-21(18)25)32-24(28-30)20-16-19(26)10-11-22(20)27/h2-3,7-8,10-11,16H,1,4-6,9,12-15H2. The Bertz CT molecular complexity index is 1120.